The van der Waals surface area contributed by atoms with E-state index >= 15 is 0 Å². The lowest BCUT2D eigenvalue weighted by atomic mass is 10.2. The molecule has 1 aromatic rings. The summed E-state index contributed by atoms with van der Waals surface area (Å²) in [6.07, 6.45) is 0. The second-order valence-electron chi connectivity index (χ2n) is 3.76. The molecule has 0 spiro atoms. The molecule has 1 rings (SSSR count). The molecule has 0 atom stereocenters. The van der Waals surface area contributed by atoms with Crippen molar-refractivity contribution in [2.45, 2.75) is 13.8 Å². The van der Waals surface area contributed by atoms with E-state index in [9.17, 15) is 13.2 Å². The molecule has 0 saturated carbocycles. The molecule has 0 aromatic heterocycles. The summed E-state index contributed by atoms with van der Waals surface area (Å²) in [5, 5.41) is 0. The standard InChI is InChI=1S/C12H18N2O4S/c1-4-14(5-2)19(16,17)13-11-8-6-7-10(9-11)12(15)18-3/h6-9,13H,4-5H2,1-3H3. The fourth-order valence-corrected chi connectivity index (χ4v) is 2.84. The van der Waals surface area contributed by atoms with Crippen LogP contribution in [0.2, 0.25) is 0 Å². The number of carbonyl (C=O) groups excluding carboxylic acids is 1. The highest BCUT2D eigenvalue weighted by Gasteiger charge is 2.18. The first-order valence-electron chi connectivity index (χ1n) is 5.90. The minimum Gasteiger partial charge on any atom is -0.465 e. The smallest absolute Gasteiger partial charge is 0.337 e. The minimum atomic E-state index is -3.59. The predicted octanol–water partition coefficient (Wildman–Crippen LogP) is 1.47. The third-order valence-corrected chi connectivity index (χ3v) is 4.27. The van der Waals surface area contributed by atoms with Gasteiger partial charge < -0.3 is 4.74 Å². The van der Waals surface area contributed by atoms with Crippen molar-refractivity contribution in [3.8, 4) is 0 Å². The number of ether oxygens (including phenoxy) is 1. The SMILES string of the molecule is CCN(CC)S(=O)(=O)Nc1cccc(C(=O)OC)c1. The van der Waals surface area contributed by atoms with Crippen LogP contribution >= 0.6 is 0 Å². The Bertz CT molecular complexity index is 538. The highest BCUT2D eigenvalue weighted by Crippen LogP contribution is 2.14. The van der Waals surface area contributed by atoms with Gasteiger partial charge >= 0.3 is 16.2 Å². The van der Waals surface area contributed by atoms with E-state index < -0.39 is 16.2 Å². The first-order valence-corrected chi connectivity index (χ1v) is 7.34. The number of nitrogens with one attached hydrogen (secondary N) is 1. The van der Waals surface area contributed by atoms with Crippen LogP contribution in [0.15, 0.2) is 24.3 Å². The largest absolute Gasteiger partial charge is 0.465 e. The Morgan fingerprint density at radius 3 is 2.47 bits per heavy atom. The van der Waals surface area contributed by atoms with Crippen molar-refractivity contribution in [3.05, 3.63) is 29.8 Å². The van der Waals surface area contributed by atoms with Crippen molar-refractivity contribution < 1.29 is 17.9 Å². The van der Waals surface area contributed by atoms with Gasteiger partial charge in [-0.1, -0.05) is 19.9 Å². The fourth-order valence-electron chi connectivity index (χ4n) is 1.60. The average Bonchev–Trinajstić information content (AvgIpc) is 2.38. The predicted molar refractivity (Wildman–Crippen MR) is 73.2 cm³/mol. The Kier molecular flexibility index (Phi) is 5.31. The number of hydrogen-bond acceptors (Lipinski definition) is 4. The van der Waals surface area contributed by atoms with Crippen molar-refractivity contribution >= 4 is 21.9 Å². The van der Waals surface area contributed by atoms with Crippen LogP contribution in [-0.2, 0) is 14.9 Å². The molecular weight excluding hydrogens is 268 g/mol. The van der Waals surface area contributed by atoms with E-state index in [1.807, 2.05) is 0 Å². The molecule has 0 radical (unpaired) electrons. The van der Waals surface area contributed by atoms with Crippen molar-refractivity contribution in [2.75, 3.05) is 24.9 Å². The van der Waals surface area contributed by atoms with Gasteiger partial charge in [-0.2, -0.15) is 12.7 Å². The van der Waals surface area contributed by atoms with Gasteiger partial charge in [-0.25, -0.2) is 4.79 Å². The third kappa shape index (κ3) is 3.93. The van der Waals surface area contributed by atoms with Crippen LogP contribution in [0.3, 0.4) is 0 Å². The normalized spacial score (nSPS) is 11.4. The molecule has 0 aliphatic carbocycles. The summed E-state index contributed by atoms with van der Waals surface area (Å²) >= 11 is 0. The molecule has 1 aromatic carbocycles. The molecule has 106 valence electrons. The molecule has 0 aliphatic rings. The molecule has 0 bridgehead atoms. The van der Waals surface area contributed by atoms with Crippen molar-refractivity contribution in [1.29, 1.82) is 0 Å². The van der Waals surface area contributed by atoms with E-state index in [-0.39, 0.29) is 0 Å². The Balaban J connectivity index is 2.97. The van der Waals surface area contributed by atoms with Gasteiger partial charge in [0.15, 0.2) is 0 Å². The second-order valence-corrected chi connectivity index (χ2v) is 5.43. The van der Waals surface area contributed by atoms with Crippen LogP contribution in [0.25, 0.3) is 0 Å². The summed E-state index contributed by atoms with van der Waals surface area (Å²) < 4.78 is 32.3. The number of methoxy groups -OCH3 is 1. The molecule has 1 N–H and O–H groups in total. The van der Waals surface area contributed by atoms with E-state index in [1.165, 1.54) is 17.5 Å². The molecule has 0 unspecified atom stereocenters. The van der Waals surface area contributed by atoms with Gasteiger partial charge in [0, 0.05) is 13.1 Å². The maximum atomic E-state index is 12.0. The van der Waals surface area contributed by atoms with Gasteiger partial charge in [0.1, 0.15) is 0 Å². The van der Waals surface area contributed by atoms with E-state index in [4.69, 9.17) is 0 Å². The molecule has 0 heterocycles. The molecule has 6 nitrogen and oxygen atoms in total. The lowest BCUT2D eigenvalue weighted by Gasteiger charge is -2.19. The van der Waals surface area contributed by atoms with Gasteiger partial charge in [-0.05, 0) is 18.2 Å². The summed E-state index contributed by atoms with van der Waals surface area (Å²) in [5.41, 5.74) is 0.622. The number of hydrogen-bond donors (Lipinski definition) is 1. The maximum absolute atomic E-state index is 12.0. The van der Waals surface area contributed by atoms with Crippen LogP contribution in [0.4, 0.5) is 5.69 Å². The molecule has 19 heavy (non-hydrogen) atoms. The molecule has 0 fully saturated rings. The van der Waals surface area contributed by atoms with Gasteiger partial charge in [-0.3, -0.25) is 4.72 Å². The lowest BCUT2D eigenvalue weighted by molar-refractivity contribution is 0.0601. The maximum Gasteiger partial charge on any atom is 0.337 e. The van der Waals surface area contributed by atoms with Crippen molar-refractivity contribution in [3.63, 3.8) is 0 Å². The summed E-state index contributed by atoms with van der Waals surface area (Å²) in [5.74, 6) is -0.510. The van der Waals surface area contributed by atoms with Crippen LogP contribution in [0.1, 0.15) is 24.2 Å². The van der Waals surface area contributed by atoms with E-state index in [0.29, 0.717) is 24.3 Å². The Morgan fingerprint density at radius 2 is 1.95 bits per heavy atom. The number of carbonyl (C=O) groups is 1. The van der Waals surface area contributed by atoms with E-state index in [0.717, 1.165) is 0 Å². The number of anilines is 1. The topological polar surface area (TPSA) is 75.7 Å². The summed E-state index contributed by atoms with van der Waals surface area (Å²) in [6, 6.07) is 6.16. The highest BCUT2D eigenvalue weighted by atomic mass is 32.2. The van der Waals surface area contributed by atoms with Crippen LogP contribution in [0.5, 0.6) is 0 Å². The van der Waals surface area contributed by atoms with Gasteiger partial charge in [0.2, 0.25) is 0 Å². The monoisotopic (exact) mass is 286 g/mol. The summed E-state index contributed by atoms with van der Waals surface area (Å²) in [4.78, 5) is 11.4. The van der Waals surface area contributed by atoms with Crippen molar-refractivity contribution in [1.82, 2.24) is 4.31 Å². The van der Waals surface area contributed by atoms with Gasteiger partial charge in [-0.15, -0.1) is 0 Å². The fraction of sp³-hybridized carbons (Fsp3) is 0.417. The van der Waals surface area contributed by atoms with Crippen LogP contribution in [0, 0.1) is 0 Å². The molecule has 0 amide bonds. The number of nitrogens with zero attached hydrogens (tertiary/aromatic N) is 1. The van der Waals surface area contributed by atoms with E-state index in [2.05, 4.69) is 9.46 Å². The Hall–Kier alpha value is -1.60. The molecular formula is C12H18N2O4S. The third-order valence-electron chi connectivity index (χ3n) is 2.58. The van der Waals surface area contributed by atoms with Crippen LogP contribution < -0.4 is 4.72 Å². The zero-order valence-corrected chi connectivity index (χ0v) is 12.0. The molecule has 7 heteroatoms. The molecule has 0 aliphatic heterocycles. The van der Waals surface area contributed by atoms with Gasteiger partial charge in [0.25, 0.3) is 0 Å². The summed E-state index contributed by atoms with van der Waals surface area (Å²) in [7, 11) is -2.32. The molecule has 0 saturated heterocycles. The quantitative estimate of drug-likeness (QED) is 0.804. The zero-order chi connectivity index (χ0) is 14.5. The Morgan fingerprint density at radius 1 is 1.32 bits per heavy atom. The number of esters is 1. The number of benzene rings is 1. The first-order chi connectivity index (χ1) is 8.94. The summed E-state index contributed by atoms with van der Waals surface area (Å²) in [6.45, 7) is 4.27. The minimum absolute atomic E-state index is 0.294. The van der Waals surface area contributed by atoms with Gasteiger partial charge in [0.05, 0.1) is 18.4 Å². The zero-order valence-electron chi connectivity index (χ0n) is 11.2. The first kappa shape index (κ1) is 15.5. The van der Waals surface area contributed by atoms with Crippen molar-refractivity contribution in [2.24, 2.45) is 0 Å². The average molecular weight is 286 g/mol. The number of rotatable bonds is 6. The van der Waals surface area contributed by atoms with E-state index in [1.54, 1.807) is 32.0 Å². The van der Waals surface area contributed by atoms with Crippen LogP contribution in [-0.4, -0.2) is 38.9 Å². The lowest BCUT2D eigenvalue weighted by Crippen LogP contribution is -2.35. The Labute approximate surface area is 113 Å². The highest BCUT2D eigenvalue weighted by molar-refractivity contribution is 7.90. The second kappa shape index (κ2) is 6.53.